The first-order valence-electron chi connectivity index (χ1n) is 9.58. The van der Waals surface area contributed by atoms with Crippen LogP contribution in [-0.4, -0.2) is 21.4 Å². The number of hydrogen-bond acceptors (Lipinski definition) is 4. The Morgan fingerprint density at radius 2 is 1.61 bits per heavy atom. The van der Waals surface area contributed by atoms with Crippen molar-refractivity contribution in [1.29, 1.82) is 0 Å². The van der Waals surface area contributed by atoms with Crippen molar-refractivity contribution in [3.8, 4) is 11.5 Å². The van der Waals surface area contributed by atoms with Crippen LogP contribution in [0.3, 0.4) is 0 Å². The SMILES string of the molecule is Cc1cc(C)c(N(C)S(=O)(=O)c2cc3c(cc2Cl)Oc2ccccc2NC3=O)c(C)c1. The molecule has 0 atom stereocenters. The molecule has 1 heterocycles. The summed E-state index contributed by atoms with van der Waals surface area (Å²) in [6.07, 6.45) is 0. The van der Waals surface area contributed by atoms with E-state index in [4.69, 9.17) is 16.3 Å². The van der Waals surface area contributed by atoms with Crippen molar-refractivity contribution in [2.75, 3.05) is 16.7 Å². The molecule has 1 aliphatic heterocycles. The number of ether oxygens (including phenoxy) is 1. The van der Waals surface area contributed by atoms with Crippen molar-refractivity contribution >= 4 is 38.9 Å². The number of nitrogens with zero attached hydrogens (tertiary/aromatic N) is 1. The molecule has 0 saturated heterocycles. The standard InChI is InChI=1S/C23H21ClN2O4S/c1-13-9-14(2)22(15(3)10-13)26(4)31(28,29)21-11-16-20(12-17(21)24)30-19-8-6-5-7-18(19)25-23(16)27/h5-12H,1-4H3,(H,25,27). The normalized spacial score (nSPS) is 12.9. The minimum Gasteiger partial charge on any atom is -0.454 e. The molecule has 160 valence electrons. The lowest BCUT2D eigenvalue weighted by Gasteiger charge is -2.25. The summed E-state index contributed by atoms with van der Waals surface area (Å²) in [5.41, 5.74) is 3.85. The molecule has 8 heteroatoms. The number of amides is 1. The van der Waals surface area contributed by atoms with E-state index in [2.05, 4.69) is 5.32 Å². The van der Waals surface area contributed by atoms with Crippen molar-refractivity contribution in [1.82, 2.24) is 0 Å². The number of sulfonamides is 1. The fraction of sp³-hybridized carbons (Fsp3) is 0.174. The molecule has 0 spiro atoms. The van der Waals surface area contributed by atoms with Gasteiger partial charge in [-0.1, -0.05) is 41.4 Å². The van der Waals surface area contributed by atoms with Gasteiger partial charge in [-0.05, 0) is 50.1 Å². The van der Waals surface area contributed by atoms with Crippen molar-refractivity contribution in [2.24, 2.45) is 0 Å². The van der Waals surface area contributed by atoms with Gasteiger partial charge in [0.05, 0.1) is 22.0 Å². The molecule has 0 aromatic heterocycles. The molecule has 0 saturated carbocycles. The zero-order valence-electron chi connectivity index (χ0n) is 17.5. The molecule has 4 rings (SSSR count). The Morgan fingerprint density at radius 3 is 2.29 bits per heavy atom. The van der Waals surface area contributed by atoms with Gasteiger partial charge in [-0.15, -0.1) is 0 Å². The molecule has 0 radical (unpaired) electrons. The summed E-state index contributed by atoms with van der Waals surface area (Å²) in [5, 5.41) is 2.72. The van der Waals surface area contributed by atoms with Gasteiger partial charge in [0.2, 0.25) is 0 Å². The second-order valence-corrected chi connectivity index (χ2v) is 9.90. The average Bonchev–Trinajstić information content (AvgIpc) is 2.81. The summed E-state index contributed by atoms with van der Waals surface area (Å²) in [6.45, 7) is 5.68. The Balaban J connectivity index is 1.83. The third-order valence-corrected chi connectivity index (χ3v) is 7.44. The summed E-state index contributed by atoms with van der Waals surface area (Å²) in [4.78, 5) is 12.6. The zero-order chi connectivity index (χ0) is 22.5. The van der Waals surface area contributed by atoms with Crippen LogP contribution in [0.1, 0.15) is 27.0 Å². The highest BCUT2D eigenvalue weighted by Crippen LogP contribution is 2.40. The first-order chi connectivity index (χ1) is 14.6. The molecule has 0 aliphatic carbocycles. The second-order valence-electron chi connectivity index (χ2n) is 7.55. The van der Waals surface area contributed by atoms with Crippen LogP contribution in [0.15, 0.2) is 53.4 Å². The predicted molar refractivity (Wildman–Crippen MR) is 122 cm³/mol. The first-order valence-corrected chi connectivity index (χ1v) is 11.4. The molecule has 3 aromatic rings. The second kappa shape index (κ2) is 7.59. The molecular weight excluding hydrogens is 436 g/mol. The van der Waals surface area contributed by atoms with Gasteiger partial charge in [0, 0.05) is 13.1 Å². The lowest BCUT2D eigenvalue weighted by atomic mass is 10.1. The van der Waals surface area contributed by atoms with Crippen molar-refractivity contribution in [2.45, 2.75) is 25.7 Å². The fourth-order valence-corrected chi connectivity index (χ4v) is 5.74. The van der Waals surface area contributed by atoms with Crippen molar-refractivity contribution in [3.63, 3.8) is 0 Å². The molecule has 0 fully saturated rings. The average molecular weight is 457 g/mol. The molecule has 1 aliphatic rings. The maximum absolute atomic E-state index is 13.5. The summed E-state index contributed by atoms with van der Waals surface area (Å²) in [5.74, 6) is 0.166. The van der Waals surface area contributed by atoms with E-state index in [0.29, 0.717) is 17.1 Å². The number of halogens is 1. The van der Waals surface area contributed by atoms with E-state index < -0.39 is 15.9 Å². The lowest BCUT2D eigenvalue weighted by Crippen LogP contribution is -2.28. The van der Waals surface area contributed by atoms with E-state index in [9.17, 15) is 13.2 Å². The van der Waals surface area contributed by atoms with Gasteiger partial charge >= 0.3 is 0 Å². The number of anilines is 2. The van der Waals surface area contributed by atoms with Crippen LogP contribution < -0.4 is 14.4 Å². The highest BCUT2D eigenvalue weighted by Gasteiger charge is 2.30. The number of hydrogen-bond donors (Lipinski definition) is 1. The lowest BCUT2D eigenvalue weighted by molar-refractivity contribution is 0.102. The molecule has 1 N–H and O–H groups in total. The Morgan fingerprint density at radius 1 is 0.968 bits per heavy atom. The molecule has 1 amide bonds. The van der Waals surface area contributed by atoms with Crippen LogP contribution >= 0.6 is 11.6 Å². The van der Waals surface area contributed by atoms with Gasteiger partial charge in [-0.25, -0.2) is 8.42 Å². The number of carbonyl (C=O) groups is 1. The summed E-state index contributed by atoms with van der Waals surface area (Å²) in [6, 6.07) is 13.4. The molecular formula is C23H21ClN2O4S. The summed E-state index contributed by atoms with van der Waals surface area (Å²) >= 11 is 6.39. The summed E-state index contributed by atoms with van der Waals surface area (Å²) < 4.78 is 34.1. The number of rotatable bonds is 3. The molecule has 0 unspecified atom stereocenters. The smallest absolute Gasteiger partial charge is 0.265 e. The fourth-order valence-electron chi connectivity index (χ4n) is 3.90. The van der Waals surface area contributed by atoms with Gasteiger partial charge in [0.1, 0.15) is 10.6 Å². The molecule has 0 bridgehead atoms. The number of para-hydroxylation sites is 2. The molecule has 3 aromatic carbocycles. The summed E-state index contributed by atoms with van der Waals surface area (Å²) in [7, 11) is -2.57. The van der Waals surface area contributed by atoms with E-state index in [0.717, 1.165) is 16.7 Å². The Bertz CT molecular complexity index is 1310. The van der Waals surface area contributed by atoms with Crippen LogP contribution in [0.4, 0.5) is 11.4 Å². The topological polar surface area (TPSA) is 75.7 Å². The molecule has 31 heavy (non-hydrogen) atoms. The van der Waals surface area contributed by atoms with Crippen molar-refractivity contribution < 1.29 is 17.9 Å². The minimum atomic E-state index is -4.05. The van der Waals surface area contributed by atoms with Crippen LogP contribution in [0.5, 0.6) is 11.5 Å². The number of fused-ring (bicyclic) bond motifs is 2. The van der Waals surface area contributed by atoms with Gasteiger partial charge in [-0.3, -0.25) is 9.10 Å². The van der Waals surface area contributed by atoms with Gasteiger partial charge in [0.25, 0.3) is 15.9 Å². The number of carbonyl (C=O) groups excluding carboxylic acids is 1. The van der Waals surface area contributed by atoms with Crippen LogP contribution in [0.2, 0.25) is 5.02 Å². The van der Waals surface area contributed by atoms with Gasteiger partial charge in [0.15, 0.2) is 5.75 Å². The minimum absolute atomic E-state index is 0.0276. The number of benzene rings is 3. The Kier molecular flexibility index (Phi) is 5.19. The first kappa shape index (κ1) is 21.2. The van der Waals surface area contributed by atoms with Gasteiger partial charge < -0.3 is 10.1 Å². The third-order valence-electron chi connectivity index (χ3n) is 5.22. The predicted octanol–water partition coefficient (Wildman–Crippen LogP) is 5.45. The Labute approximate surface area is 186 Å². The van der Waals surface area contributed by atoms with Crippen molar-refractivity contribution in [3.05, 3.63) is 75.8 Å². The highest BCUT2D eigenvalue weighted by atomic mass is 35.5. The Hall–Kier alpha value is -3.03. The largest absolute Gasteiger partial charge is 0.454 e. The quantitative estimate of drug-likeness (QED) is 0.568. The van der Waals surface area contributed by atoms with E-state index in [1.165, 1.54) is 23.5 Å². The van der Waals surface area contributed by atoms with Crippen LogP contribution in [0, 0.1) is 20.8 Å². The highest BCUT2D eigenvalue weighted by molar-refractivity contribution is 7.93. The number of nitrogens with one attached hydrogen (secondary N) is 1. The van der Waals surface area contributed by atoms with E-state index >= 15 is 0 Å². The van der Waals surface area contributed by atoms with Gasteiger partial charge in [-0.2, -0.15) is 0 Å². The van der Waals surface area contributed by atoms with E-state index in [-0.39, 0.29) is 21.2 Å². The maximum atomic E-state index is 13.5. The zero-order valence-corrected chi connectivity index (χ0v) is 19.1. The van der Waals surface area contributed by atoms with Crippen LogP contribution in [0.25, 0.3) is 0 Å². The maximum Gasteiger partial charge on any atom is 0.265 e. The monoisotopic (exact) mass is 456 g/mol. The third kappa shape index (κ3) is 3.64. The number of aryl methyl sites for hydroxylation is 3. The van der Waals surface area contributed by atoms with Crippen LogP contribution in [-0.2, 0) is 10.0 Å². The molecule has 6 nitrogen and oxygen atoms in total. The van der Waals surface area contributed by atoms with E-state index in [1.807, 2.05) is 32.9 Å². The van der Waals surface area contributed by atoms with E-state index in [1.54, 1.807) is 24.3 Å².